The van der Waals surface area contributed by atoms with Gasteiger partial charge < -0.3 is 15.2 Å². The number of aromatic nitrogens is 2. The predicted molar refractivity (Wildman–Crippen MR) is 69.0 cm³/mol. The number of ether oxygens (including phenoxy) is 2. The van der Waals surface area contributed by atoms with E-state index in [2.05, 4.69) is 10.2 Å². The normalized spacial score (nSPS) is 14.3. The minimum Gasteiger partial charge on any atom is -0.486 e. The van der Waals surface area contributed by atoms with Gasteiger partial charge in [-0.3, -0.25) is 5.10 Å². The summed E-state index contributed by atoms with van der Waals surface area (Å²) in [5, 5.41) is 6.40. The van der Waals surface area contributed by atoms with Crippen LogP contribution in [0.1, 0.15) is 12.5 Å². The molecule has 1 aliphatic rings. The molecule has 0 amide bonds. The first-order valence-corrected chi connectivity index (χ1v) is 6.08. The van der Waals surface area contributed by atoms with E-state index in [1.54, 1.807) is 0 Å². The van der Waals surface area contributed by atoms with E-state index in [1.807, 2.05) is 0 Å². The number of nitrogen functional groups attached to an aromatic ring is 1. The zero-order valence-electron chi connectivity index (χ0n) is 10.7. The number of nitrogens with one attached hydrogen (secondary N) is 1. The first-order valence-electron chi connectivity index (χ1n) is 6.08. The number of alkyl halides is 2. The lowest BCUT2D eigenvalue weighted by atomic mass is 9.98. The van der Waals surface area contributed by atoms with Crippen LogP contribution >= 0.6 is 0 Å². The zero-order valence-corrected chi connectivity index (χ0v) is 10.7. The second-order valence-corrected chi connectivity index (χ2v) is 4.64. The fourth-order valence-electron chi connectivity index (χ4n) is 2.15. The van der Waals surface area contributed by atoms with Crippen molar-refractivity contribution in [2.45, 2.75) is 12.8 Å². The molecular formula is C13H13F2N3O2. The molecule has 1 aliphatic heterocycles. The number of H-pyrrole nitrogens is 1. The lowest BCUT2D eigenvalue weighted by Crippen LogP contribution is -2.17. The molecule has 106 valence electrons. The maximum Gasteiger partial charge on any atom is 0.271 e. The number of benzene rings is 1. The van der Waals surface area contributed by atoms with Crippen molar-refractivity contribution in [1.29, 1.82) is 0 Å². The van der Waals surface area contributed by atoms with Crippen LogP contribution in [-0.4, -0.2) is 23.4 Å². The van der Waals surface area contributed by atoms with Crippen molar-refractivity contribution in [2.24, 2.45) is 0 Å². The van der Waals surface area contributed by atoms with Gasteiger partial charge in [0.1, 0.15) is 19.0 Å². The van der Waals surface area contributed by atoms with Crippen LogP contribution in [-0.2, 0) is 5.92 Å². The van der Waals surface area contributed by atoms with E-state index in [0.717, 1.165) is 6.92 Å². The summed E-state index contributed by atoms with van der Waals surface area (Å²) in [6.07, 6.45) is 0. The van der Waals surface area contributed by atoms with Crippen LogP contribution in [0.3, 0.4) is 0 Å². The minimum absolute atomic E-state index is 0.162. The zero-order chi connectivity index (χ0) is 14.3. The highest BCUT2D eigenvalue weighted by atomic mass is 19.3. The molecule has 0 aliphatic carbocycles. The summed E-state index contributed by atoms with van der Waals surface area (Å²) in [5.74, 6) is -2.03. The molecule has 0 atom stereocenters. The highest BCUT2D eigenvalue weighted by molar-refractivity contribution is 5.71. The Balaban J connectivity index is 2.20. The topological polar surface area (TPSA) is 73.2 Å². The molecular weight excluding hydrogens is 268 g/mol. The van der Waals surface area contributed by atoms with Crippen LogP contribution in [0.25, 0.3) is 11.3 Å². The third kappa shape index (κ3) is 2.15. The molecule has 2 heterocycles. The summed E-state index contributed by atoms with van der Waals surface area (Å²) in [6.45, 7) is 1.57. The van der Waals surface area contributed by atoms with Gasteiger partial charge in [-0.25, -0.2) is 8.78 Å². The van der Waals surface area contributed by atoms with Crippen molar-refractivity contribution < 1.29 is 18.3 Å². The standard InChI is InChI=1S/C13H13F2N3O2/c1-13(14,15)8-5-11-10(19-2-3-20-11)4-7(8)9-6-12(16)18-17-9/h4-6H,2-3H2,1H3,(H3,16,17,18). The van der Waals surface area contributed by atoms with Crippen molar-refractivity contribution >= 4 is 5.82 Å². The maximum atomic E-state index is 13.8. The first-order chi connectivity index (χ1) is 9.45. The SMILES string of the molecule is CC(F)(F)c1cc2c(cc1-c1cc(N)n[nH]1)OCCO2. The van der Waals surface area contributed by atoms with Gasteiger partial charge in [0.05, 0.1) is 5.69 Å². The van der Waals surface area contributed by atoms with E-state index in [4.69, 9.17) is 15.2 Å². The molecule has 0 spiro atoms. The van der Waals surface area contributed by atoms with Crippen LogP contribution in [0.15, 0.2) is 18.2 Å². The van der Waals surface area contributed by atoms with Crippen LogP contribution in [0.2, 0.25) is 0 Å². The highest BCUT2D eigenvalue weighted by Crippen LogP contribution is 2.43. The fourth-order valence-corrected chi connectivity index (χ4v) is 2.15. The van der Waals surface area contributed by atoms with Crippen molar-refractivity contribution in [3.8, 4) is 22.8 Å². The van der Waals surface area contributed by atoms with E-state index < -0.39 is 5.92 Å². The van der Waals surface area contributed by atoms with Gasteiger partial charge in [-0.2, -0.15) is 5.10 Å². The molecule has 5 nitrogen and oxygen atoms in total. The number of hydrogen-bond donors (Lipinski definition) is 2. The number of fused-ring (bicyclic) bond motifs is 1. The lowest BCUT2D eigenvalue weighted by molar-refractivity contribution is 0.0175. The molecule has 0 radical (unpaired) electrons. The molecule has 2 aromatic rings. The predicted octanol–water partition coefficient (Wildman–Crippen LogP) is 2.54. The Hall–Kier alpha value is -2.31. The Morgan fingerprint density at radius 3 is 2.40 bits per heavy atom. The third-order valence-corrected chi connectivity index (χ3v) is 3.04. The number of nitrogens with two attached hydrogens (primary N) is 1. The van der Waals surface area contributed by atoms with Gasteiger partial charge in [0.2, 0.25) is 0 Å². The summed E-state index contributed by atoms with van der Waals surface area (Å²) in [4.78, 5) is 0. The van der Waals surface area contributed by atoms with Crippen molar-refractivity contribution in [1.82, 2.24) is 10.2 Å². The molecule has 7 heteroatoms. The second-order valence-electron chi connectivity index (χ2n) is 4.64. The molecule has 0 fully saturated rings. The van der Waals surface area contributed by atoms with Gasteiger partial charge in [0.15, 0.2) is 11.5 Å². The fraction of sp³-hybridized carbons (Fsp3) is 0.308. The summed E-state index contributed by atoms with van der Waals surface area (Å²) in [5.41, 5.74) is 6.08. The minimum atomic E-state index is -3.02. The Bertz CT molecular complexity index is 650. The molecule has 1 aromatic carbocycles. The molecule has 0 saturated heterocycles. The molecule has 3 N–H and O–H groups in total. The third-order valence-electron chi connectivity index (χ3n) is 3.04. The second kappa shape index (κ2) is 4.36. The van der Waals surface area contributed by atoms with Gasteiger partial charge in [0, 0.05) is 24.1 Å². The molecule has 20 heavy (non-hydrogen) atoms. The maximum absolute atomic E-state index is 13.8. The summed E-state index contributed by atoms with van der Waals surface area (Å²) < 4.78 is 38.4. The number of hydrogen-bond acceptors (Lipinski definition) is 4. The van der Waals surface area contributed by atoms with Gasteiger partial charge in [-0.15, -0.1) is 0 Å². The first kappa shape index (κ1) is 12.7. The Morgan fingerprint density at radius 2 is 1.85 bits per heavy atom. The number of anilines is 1. The Labute approximate surface area is 113 Å². The van der Waals surface area contributed by atoms with E-state index in [-0.39, 0.29) is 11.4 Å². The number of aromatic amines is 1. The van der Waals surface area contributed by atoms with E-state index >= 15 is 0 Å². The van der Waals surface area contributed by atoms with Gasteiger partial charge in [-0.05, 0) is 12.1 Å². The summed E-state index contributed by atoms with van der Waals surface area (Å²) in [6, 6.07) is 4.33. The molecule has 0 saturated carbocycles. The lowest BCUT2D eigenvalue weighted by Gasteiger charge is -2.23. The van der Waals surface area contributed by atoms with Gasteiger partial charge >= 0.3 is 0 Å². The van der Waals surface area contributed by atoms with E-state index in [9.17, 15) is 8.78 Å². The monoisotopic (exact) mass is 281 g/mol. The Kier molecular flexibility index (Phi) is 2.77. The van der Waals surface area contributed by atoms with Crippen molar-refractivity contribution in [3.63, 3.8) is 0 Å². The largest absolute Gasteiger partial charge is 0.486 e. The average Bonchev–Trinajstić information content (AvgIpc) is 2.83. The quantitative estimate of drug-likeness (QED) is 0.887. The molecule has 0 unspecified atom stereocenters. The van der Waals surface area contributed by atoms with Crippen molar-refractivity contribution in [3.05, 3.63) is 23.8 Å². The van der Waals surface area contributed by atoms with Gasteiger partial charge in [-0.1, -0.05) is 0 Å². The molecule has 0 bridgehead atoms. The van der Waals surface area contributed by atoms with Gasteiger partial charge in [0.25, 0.3) is 5.92 Å². The van der Waals surface area contributed by atoms with Crippen LogP contribution in [0, 0.1) is 0 Å². The number of rotatable bonds is 2. The molecule has 1 aromatic heterocycles. The van der Waals surface area contributed by atoms with Crippen LogP contribution in [0.4, 0.5) is 14.6 Å². The summed E-state index contributed by atoms with van der Waals surface area (Å²) in [7, 11) is 0. The van der Waals surface area contributed by atoms with Crippen LogP contribution < -0.4 is 15.2 Å². The summed E-state index contributed by atoms with van der Waals surface area (Å²) >= 11 is 0. The Morgan fingerprint density at radius 1 is 1.20 bits per heavy atom. The van der Waals surface area contributed by atoms with Crippen molar-refractivity contribution in [2.75, 3.05) is 18.9 Å². The smallest absolute Gasteiger partial charge is 0.271 e. The number of nitrogens with zero attached hydrogens (tertiary/aromatic N) is 1. The average molecular weight is 281 g/mol. The van der Waals surface area contributed by atoms with Crippen LogP contribution in [0.5, 0.6) is 11.5 Å². The highest BCUT2D eigenvalue weighted by Gasteiger charge is 2.31. The molecule has 3 rings (SSSR count). The number of halogens is 2. The van der Waals surface area contributed by atoms with E-state index in [0.29, 0.717) is 36.0 Å². The van der Waals surface area contributed by atoms with E-state index in [1.165, 1.54) is 18.2 Å².